The summed E-state index contributed by atoms with van der Waals surface area (Å²) >= 11 is 0. The Bertz CT molecular complexity index is 840. The second kappa shape index (κ2) is 9.75. The molecule has 1 aromatic rings. The molecule has 0 spiro atoms. The number of hydrogen-bond donors (Lipinski definition) is 1. The molecule has 6 heteroatoms. The highest BCUT2D eigenvalue weighted by Crippen LogP contribution is 2.49. The van der Waals surface area contributed by atoms with E-state index in [1.165, 1.54) is 0 Å². The van der Waals surface area contributed by atoms with Crippen molar-refractivity contribution in [1.29, 1.82) is 0 Å². The lowest BCUT2D eigenvalue weighted by atomic mass is 9.64. The second-order valence-electron chi connectivity index (χ2n) is 8.38. The van der Waals surface area contributed by atoms with E-state index in [4.69, 9.17) is 62.5 Å². The van der Waals surface area contributed by atoms with Gasteiger partial charge in [-0.1, -0.05) is 67.5 Å². The summed E-state index contributed by atoms with van der Waals surface area (Å²) in [5, 5.41) is 0. The third-order valence-corrected chi connectivity index (χ3v) is 6.93. The number of rotatable bonds is 10. The fourth-order valence-electron chi connectivity index (χ4n) is 3.40. The van der Waals surface area contributed by atoms with E-state index in [1.54, 1.807) is 27.7 Å². The molecule has 0 saturated heterocycles. The first-order chi connectivity index (χ1) is 30.4. The van der Waals surface area contributed by atoms with Crippen LogP contribution in [0.4, 0.5) is 0 Å². The van der Waals surface area contributed by atoms with Crippen LogP contribution >= 0.6 is 7.82 Å². The summed E-state index contributed by atoms with van der Waals surface area (Å²) in [6.45, 7) is 16.9. The summed E-state index contributed by atoms with van der Waals surface area (Å²) in [6.07, 6.45) is 0. The topological polar surface area (TPSA) is 65.0 Å². The third kappa shape index (κ3) is 5.38. The van der Waals surface area contributed by atoms with Gasteiger partial charge in [0.25, 0.3) is 0 Å². The molecule has 1 N–H and O–H groups in total. The van der Waals surface area contributed by atoms with Crippen LogP contribution in [0.3, 0.4) is 0 Å². The van der Waals surface area contributed by atoms with Crippen LogP contribution in [0.25, 0.3) is 0 Å². The van der Waals surface area contributed by atoms with Gasteiger partial charge in [-0.3, -0.25) is 4.52 Å². The van der Waals surface area contributed by atoms with Crippen molar-refractivity contribution in [2.45, 2.75) is 73.6 Å². The molecule has 0 saturated carbocycles. The van der Waals surface area contributed by atoms with Crippen LogP contribution in [-0.4, -0.2) is 18.8 Å². The number of hydrogen-bond acceptors (Lipinski definition) is 4. The van der Waals surface area contributed by atoms with Crippen molar-refractivity contribution >= 4 is 7.82 Å². The number of aryl methyl sites for hydroxylation is 1. The summed E-state index contributed by atoms with van der Waals surface area (Å²) in [6, 6.07) is 3.99. The first-order valence-corrected chi connectivity index (χ1v) is 11.2. The molecule has 0 fully saturated rings. The second-order valence-corrected chi connectivity index (χ2v) is 9.94. The van der Waals surface area contributed by atoms with E-state index in [0.717, 1.165) is 23.8 Å². The monoisotopic (exact) mass is 549 g/mol. The molecular formula is C22H137O5P. The average molecular weight is 550 g/mol. The Morgan fingerprint density at radius 3 is 2.21 bits per heavy atom. The minimum Gasteiger partial charge on any atom is -0.466 e. The summed E-state index contributed by atoms with van der Waals surface area (Å²) in [4.78, 5) is 9.58. The minimum atomic E-state index is -4.20. The SMILES string of the molecule is [2H]C(C)(C)C(C)(c1c(C)ccc(C(C)C(C)C)c1OCOP(=O)(O)OC)C([2H])(C)C.[2H][2H].[2H][2H].[2H][2H].[2H][2H].[2H][2H].[2H][2H].[2H][2H].[2H][2H].[2H][2H].[2H][2H].[2H][2H].[2H][2H].[2H][2H].[2H][2H].[2H][2H].[2H][2H].[2H][2H].[HH].[HH].[HH].[HH].[HH].[HH].[HH].[HH].[HH].[HH].[HH].[HH].[HH].[HH].[HH].[HH].[HH].[HH].[HH].[HH].[HH].[HH].[HH].[HH].[HH].[HH].[HH].[HH].[HH].[HH].[HH].[HH]. The van der Waals surface area contributed by atoms with Gasteiger partial charge >= 0.3 is 7.82 Å². The van der Waals surface area contributed by atoms with E-state index in [9.17, 15) is 9.46 Å². The molecule has 0 aromatic heterocycles. The largest absolute Gasteiger partial charge is 0.474 e. The number of ether oxygens (including phenoxy) is 1. The van der Waals surface area contributed by atoms with Gasteiger partial charge in [0.2, 0.25) is 0 Å². The van der Waals surface area contributed by atoms with Gasteiger partial charge in [-0.2, -0.15) is 0 Å². The van der Waals surface area contributed by atoms with Gasteiger partial charge in [0, 0.05) is 117 Å². The van der Waals surface area contributed by atoms with E-state index in [2.05, 4.69) is 25.3 Å². The Kier molecular flexibility index (Phi) is 3.03. The zero-order valence-corrected chi connectivity index (χ0v) is 19.9. The molecule has 1 aromatic carbocycles. The van der Waals surface area contributed by atoms with Gasteiger partial charge in [-0.15, -0.1) is 0 Å². The van der Waals surface area contributed by atoms with Crippen molar-refractivity contribution in [2.75, 3.05) is 13.9 Å². The normalized spacial score (nSPS) is 22.6. The van der Waals surface area contributed by atoms with Crippen LogP contribution in [0.1, 0.15) is 177 Å². The molecule has 5 nitrogen and oxygen atoms in total. The van der Waals surface area contributed by atoms with Crippen molar-refractivity contribution in [3.05, 3.63) is 28.8 Å². The summed E-state index contributed by atoms with van der Waals surface area (Å²) in [5.41, 5.74) is 1.64. The molecule has 2 unspecified atom stereocenters. The van der Waals surface area contributed by atoms with Gasteiger partial charge in [0.05, 0.1) is 0 Å². The van der Waals surface area contributed by atoms with E-state index in [0.29, 0.717) is 11.7 Å². The summed E-state index contributed by atoms with van der Waals surface area (Å²) in [5.74, 6) is -1.09. The Morgan fingerprint density at radius 1 is 1.25 bits per heavy atom. The van der Waals surface area contributed by atoms with Crippen LogP contribution in [0.15, 0.2) is 12.1 Å². The fourth-order valence-corrected chi connectivity index (χ4v) is 3.69. The maximum atomic E-state index is 11.7. The van der Waals surface area contributed by atoms with Gasteiger partial charge < -0.3 is 9.63 Å². The molecule has 260 valence electrons. The van der Waals surface area contributed by atoms with E-state index in [-0.39, 0.29) is 51.6 Å². The lowest BCUT2D eigenvalue weighted by molar-refractivity contribution is 0.0709. The molecular weight excluding hydrogens is 375 g/mol. The van der Waals surface area contributed by atoms with Crippen molar-refractivity contribution in [1.82, 2.24) is 0 Å². The lowest BCUT2D eigenvalue weighted by Crippen LogP contribution is -2.36. The zero-order chi connectivity index (χ0) is 57.7. The smallest absolute Gasteiger partial charge is 0.466 e. The molecule has 0 aliphatic heterocycles. The summed E-state index contributed by atoms with van der Waals surface area (Å²) in [7, 11) is -3.11. The zero-order valence-electron chi connectivity index (χ0n) is 55.0. The molecule has 28 heavy (non-hydrogen) atoms. The Labute approximate surface area is 274 Å². The Balaban J connectivity index is -0.00000000635. The molecule has 0 aliphatic rings. The molecule has 0 heterocycles. The van der Waals surface area contributed by atoms with Crippen molar-refractivity contribution < 1.29 is 122 Å². The lowest BCUT2D eigenvalue weighted by Gasteiger charge is -2.41. The van der Waals surface area contributed by atoms with Crippen molar-refractivity contribution in [3.63, 3.8) is 0 Å². The first-order valence-electron chi connectivity index (χ1n) is 27.7. The predicted molar refractivity (Wildman–Crippen MR) is 218 cm³/mol. The number of benzene rings is 1. The van der Waals surface area contributed by atoms with Gasteiger partial charge in [-0.25, -0.2) is 9.09 Å². The highest BCUT2D eigenvalue weighted by molar-refractivity contribution is 7.47. The molecule has 0 radical (unpaired) electrons. The average Bonchev–Trinajstić information content (AvgIpc) is 3.38. The maximum Gasteiger partial charge on any atom is 0.474 e. The fraction of sp³-hybridized carbons (Fsp3) is 0.727. The van der Waals surface area contributed by atoms with E-state index < -0.39 is 31.8 Å². The molecule has 0 aliphatic carbocycles. The van der Waals surface area contributed by atoms with Gasteiger partial charge in [-0.05, 0) is 41.7 Å². The maximum absolute atomic E-state index is 11.7. The van der Waals surface area contributed by atoms with E-state index in [1.807, 2.05) is 26.0 Å². The Hall–Kier alpha value is -0.870. The number of phosphoric acid groups is 1. The van der Waals surface area contributed by atoms with Crippen LogP contribution < -0.4 is 4.74 Å². The number of phosphoric ester groups is 1. The molecule has 0 amide bonds. The van der Waals surface area contributed by atoms with Crippen molar-refractivity contribution in [3.8, 4) is 5.75 Å². The minimum absolute atomic E-state index is 0. The molecule has 2 atom stereocenters. The Morgan fingerprint density at radius 2 is 1.79 bits per heavy atom. The molecule has 0 bridgehead atoms. The van der Waals surface area contributed by atoms with Gasteiger partial charge in [0.15, 0.2) is 6.79 Å². The van der Waals surface area contributed by atoms with Crippen molar-refractivity contribution in [2.24, 2.45) is 17.7 Å². The summed E-state index contributed by atoms with van der Waals surface area (Å²) < 4.78 is 215. The predicted octanol–water partition coefficient (Wildman–Crippen LogP) is 18.5. The standard InChI is InChI=1S/C22H39O5P.49H2/c1-14(2)18(8)19-12-11-17(7)20(22(9,15(3)4)16(5)6)21(19)26-13-27-28(23,24)25-10;;;;;;;;;;;;;;;;;;;;;;;;;;;;;;;;;;;;;;;;;;;;;;;;;/h11-12,14-16,18H,13H2,1-10H3,(H,23,24);49*1H/i15D,16D;17*1+1D;;;;;;;;;;;;;;;;;;;;;;;;;;;;;;;;. The van der Waals surface area contributed by atoms with Crippen LogP contribution in [0.2, 0.25) is 0 Å². The quantitative estimate of drug-likeness (QED) is 0.232. The third-order valence-electron chi connectivity index (χ3n) is 6.04. The highest BCUT2D eigenvalue weighted by Gasteiger charge is 2.39. The molecule has 1 rings (SSSR count). The van der Waals surface area contributed by atoms with Gasteiger partial charge in [0.1, 0.15) is 5.75 Å². The highest BCUT2D eigenvalue weighted by atomic mass is 31.2. The van der Waals surface area contributed by atoms with Crippen LogP contribution in [0.5, 0.6) is 5.75 Å². The van der Waals surface area contributed by atoms with Crippen LogP contribution in [0, 0.1) is 24.6 Å². The van der Waals surface area contributed by atoms with Crippen LogP contribution in [-0.2, 0) is 19.0 Å². The first kappa shape index (κ1) is 8.70. The van der Waals surface area contributed by atoms with E-state index >= 15 is 0 Å².